The normalized spacial score (nSPS) is 10.4. The number of nitrogens with zero attached hydrogens (tertiary/aromatic N) is 3. The van der Waals surface area contributed by atoms with Gasteiger partial charge in [-0.3, -0.25) is 19.7 Å². The number of anilines is 2. The van der Waals surface area contributed by atoms with Gasteiger partial charge in [0.2, 0.25) is 5.91 Å². The Morgan fingerprint density at radius 3 is 2.66 bits per heavy atom. The van der Waals surface area contributed by atoms with E-state index in [1.807, 2.05) is 6.92 Å². The Morgan fingerprint density at radius 1 is 1.14 bits per heavy atom. The minimum absolute atomic E-state index is 0.0643. The van der Waals surface area contributed by atoms with E-state index < -0.39 is 10.8 Å². The molecule has 9 nitrogen and oxygen atoms in total. The molecule has 0 spiro atoms. The van der Waals surface area contributed by atoms with E-state index >= 15 is 0 Å². The van der Waals surface area contributed by atoms with Crippen molar-refractivity contribution in [1.29, 1.82) is 0 Å². The molecule has 148 valence electrons. The molecule has 9 heteroatoms. The number of nitro groups is 1. The van der Waals surface area contributed by atoms with Crippen molar-refractivity contribution in [2.45, 2.75) is 20.3 Å². The molecule has 0 aliphatic rings. The summed E-state index contributed by atoms with van der Waals surface area (Å²) in [7, 11) is 0. The van der Waals surface area contributed by atoms with Gasteiger partial charge in [-0.1, -0.05) is 19.1 Å². The number of carbonyl (C=O) groups is 2. The molecule has 0 saturated carbocycles. The summed E-state index contributed by atoms with van der Waals surface area (Å²) in [5.74, 6) is -0.557. The molecule has 3 aromatic rings. The van der Waals surface area contributed by atoms with E-state index in [9.17, 15) is 19.7 Å². The van der Waals surface area contributed by atoms with E-state index in [0.29, 0.717) is 23.5 Å². The first-order valence-corrected chi connectivity index (χ1v) is 8.89. The first kappa shape index (κ1) is 19.7. The van der Waals surface area contributed by atoms with Gasteiger partial charge >= 0.3 is 0 Å². The fourth-order valence-electron chi connectivity index (χ4n) is 2.61. The lowest BCUT2D eigenvalue weighted by Gasteiger charge is -2.10. The minimum atomic E-state index is -0.492. The van der Waals surface area contributed by atoms with Crippen LogP contribution in [0.25, 0.3) is 5.69 Å². The predicted molar refractivity (Wildman–Crippen MR) is 108 cm³/mol. The van der Waals surface area contributed by atoms with Gasteiger partial charge in [0.25, 0.3) is 11.6 Å². The maximum atomic E-state index is 12.6. The van der Waals surface area contributed by atoms with Crippen molar-refractivity contribution in [3.8, 4) is 5.69 Å². The fraction of sp³-hybridized carbons (Fsp3) is 0.150. The van der Waals surface area contributed by atoms with Crippen molar-refractivity contribution in [3.05, 3.63) is 76.1 Å². The second kappa shape index (κ2) is 8.34. The van der Waals surface area contributed by atoms with Crippen LogP contribution >= 0.6 is 0 Å². The third kappa shape index (κ3) is 4.64. The average Bonchev–Trinajstić information content (AvgIpc) is 3.21. The topological polar surface area (TPSA) is 119 Å². The molecule has 0 aliphatic heterocycles. The summed E-state index contributed by atoms with van der Waals surface area (Å²) < 4.78 is 1.40. The molecule has 29 heavy (non-hydrogen) atoms. The number of benzene rings is 2. The summed E-state index contributed by atoms with van der Waals surface area (Å²) >= 11 is 0. The van der Waals surface area contributed by atoms with Gasteiger partial charge in [0.1, 0.15) is 0 Å². The Labute approximate surface area is 166 Å². The number of hydrogen-bond donors (Lipinski definition) is 2. The molecule has 1 aromatic heterocycles. The highest BCUT2D eigenvalue weighted by atomic mass is 16.6. The van der Waals surface area contributed by atoms with Gasteiger partial charge in [-0.05, 0) is 36.8 Å². The zero-order valence-electron chi connectivity index (χ0n) is 15.9. The third-order valence-electron chi connectivity index (χ3n) is 4.22. The van der Waals surface area contributed by atoms with Crippen LogP contribution in [0.2, 0.25) is 0 Å². The molecule has 0 unspecified atom stereocenters. The maximum absolute atomic E-state index is 12.6. The Bertz CT molecular complexity index is 1090. The van der Waals surface area contributed by atoms with E-state index in [-0.39, 0.29) is 17.3 Å². The van der Waals surface area contributed by atoms with Crippen LogP contribution in [0.1, 0.15) is 29.4 Å². The van der Waals surface area contributed by atoms with Gasteiger partial charge in [0.05, 0.1) is 10.6 Å². The summed E-state index contributed by atoms with van der Waals surface area (Å²) in [6.45, 7) is 3.59. The standard InChI is InChI=1S/C20H19N5O4/c1-3-19(26)21-14-8-7-13(2)18(11-14)22-20(27)17-9-10-24(23-17)15-5-4-6-16(12-15)25(28)29/h4-12H,3H2,1-2H3,(H,21,26)(H,22,27). The Kier molecular flexibility index (Phi) is 5.68. The Morgan fingerprint density at radius 2 is 1.93 bits per heavy atom. The molecular weight excluding hydrogens is 374 g/mol. The first-order chi connectivity index (χ1) is 13.9. The molecule has 3 rings (SSSR count). The summed E-state index contributed by atoms with van der Waals surface area (Å²) in [5.41, 5.74) is 2.52. The number of nitrogens with one attached hydrogen (secondary N) is 2. The van der Waals surface area contributed by atoms with Gasteiger partial charge in [-0.15, -0.1) is 0 Å². The average molecular weight is 393 g/mol. The van der Waals surface area contributed by atoms with E-state index in [1.54, 1.807) is 43.5 Å². The summed E-state index contributed by atoms with van der Waals surface area (Å²) in [6.07, 6.45) is 1.91. The van der Waals surface area contributed by atoms with E-state index in [1.165, 1.54) is 22.9 Å². The zero-order chi connectivity index (χ0) is 21.0. The number of aryl methyl sites for hydroxylation is 1. The van der Waals surface area contributed by atoms with Crippen LogP contribution in [0.4, 0.5) is 17.1 Å². The fourth-order valence-corrected chi connectivity index (χ4v) is 2.61. The molecule has 0 bridgehead atoms. The number of hydrogen-bond acceptors (Lipinski definition) is 5. The number of carbonyl (C=O) groups excluding carboxylic acids is 2. The van der Waals surface area contributed by atoms with Crippen LogP contribution in [0.5, 0.6) is 0 Å². The van der Waals surface area contributed by atoms with Crippen LogP contribution < -0.4 is 10.6 Å². The van der Waals surface area contributed by atoms with Crippen molar-refractivity contribution in [3.63, 3.8) is 0 Å². The minimum Gasteiger partial charge on any atom is -0.326 e. The number of rotatable bonds is 6. The molecule has 0 fully saturated rings. The first-order valence-electron chi connectivity index (χ1n) is 8.89. The largest absolute Gasteiger partial charge is 0.326 e. The molecule has 2 aromatic carbocycles. The predicted octanol–water partition coefficient (Wildman–Crippen LogP) is 3.69. The third-order valence-corrected chi connectivity index (χ3v) is 4.22. The second-order valence-corrected chi connectivity index (χ2v) is 6.31. The van der Waals surface area contributed by atoms with Gasteiger partial charge in [-0.25, -0.2) is 4.68 Å². The molecule has 0 radical (unpaired) electrons. The van der Waals surface area contributed by atoms with Crippen LogP contribution in [-0.4, -0.2) is 26.5 Å². The lowest BCUT2D eigenvalue weighted by atomic mass is 10.1. The summed E-state index contributed by atoms with van der Waals surface area (Å²) in [5, 5.41) is 20.7. The van der Waals surface area contributed by atoms with Crippen LogP contribution in [-0.2, 0) is 4.79 Å². The number of nitro benzene ring substituents is 1. The Hall–Kier alpha value is -4.01. The quantitative estimate of drug-likeness (QED) is 0.489. The molecule has 2 amide bonds. The zero-order valence-corrected chi connectivity index (χ0v) is 15.9. The molecular formula is C20H19N5O4. The van der Waals surface area contributed by atoms with E-state index in [4.69, 9.17) is 0 Å². The molecule has 0 atom stereocenters. The van der Waals surface area contributed by atoms with E-state index in [2.05, 4.69) is 15.7 Å². The van der Waals surface area contributed by atoms with Gasteiger partial charge in [0, 0.05) is 36.1 Å². The number of amides is 2. The molecule has 1 heterocycles. The van der Waals surface area contributed by atoms with Crippen molar-refractivity contribution in [2.75, 3.05) is 10.6 Å². The van der Waals surface area contributed by atoms with Gasteiger partial charge in [-0.2, -0.15) is 5.10 Å². The van der Waals surface area contributed by atoms with Crippen LogP contribution in [0, 0.1) is 17.0 Å². The molecule has 0 saturated heterocycles. The van der Waals surface area contributed by atoms with Crippen LogP contribution in [0.3, 0.4) is 0 Å². The Balaban J connectivity index is 1.79. The monoisotopic (exact) mass is 393 g/mol. The maximum Gasteiger partial charge on any atom is 0.276 e. The smallest absolute Gasteiger partial charge is 0.276 e. The lowest BCUT2D eigenvalue weighted by Crippen LogP contribution is -2.15. The highest BCUT2D eigenvalue weighted by Crippen LogP contribution is 2.21. The molecule has 2 N–H and O–H groups in total. The highest BCUT2D eigenvalue weighted by Gasteiger charge is 2.14. The second-order valence-electron chi connectivity index (χ2n) is 6.31. The number of non-ortho nitro benzene ring substituents is 1. The lowest BCUT2D eigenvalue weighted by molar-refractivity contribution is -0.384. The van der Waals surface area contributed by atoms with Crippen LogP contribution in [0.15, 0.2) is 54.7 Å². The van der Waals surface area contributed by atoms with Crippen molar-refractivity contribution >= 4 is 28.9 Å². The SMILES string of the molecule is CCC(=O)Nc1ccc(C)c(NC(=O)c2ccn(-c3cccc([N+](=O)[O-])c3)n2)c1. The highest BCUT2D eigenvalue weighted by molar-refractivity contribution is 6.03. The van der Waals surface area contributed by atoms with Crippen molar-refractivity contribution < 1.29 is 14.5 Å². The summed E-state index contributed by atoms with van der Waals surface area (Å²) in [4.78, 5) is 34.6. The van der Waals surface area contributed by atoms with Crippen molar-refractivity contribution in [2.24, 2.45) is 0 Å². The number of aromatic nitrogens is 2. The summed E-state index contributed by atoms with van der Waals surface area (Å²) in [6, 6.07) is 12.7. The van der Waals surface area contributed by atoms with Gasteiger partial charge in [0.15, 0.2) is 5.69 Å². The van der Waals surface area contributed by atoms with Crippen molar-refractivity contribution in [1.82, 2.24) is 9.78 Å². The van der Waals surface area contributed by atoms with Gasteiger partial charge < -0.3 is 10.6 Å². The molecule has 0 aliphatic carbocycles. The van der Waals surface area contributed by atoms with E-state index in [0.717, 1.165) is 5.56 Å².